The predicted octanol–water partition coefficient (Wildman–Crippen LogP) is 3.99. The maximum absolute atomic E-state index is 11.7. The van der Waals surface area contributed by atoms with Crippen molar-refractivity contribution in [2.24, 2.45) is 5.92 Å². The Hall–Kier alpha value is -1.83. The molecule has 1 aliphatic rings. The molecule has 2 heteroatoms. The number of hydrogen-bond donors (Lipinski definition) is 0. The highest BCUT2D eigenvalue weighted by Gasteiger charge is 2.25. The number of aryl methyl sites for hydroxylation is 1. The number of pyridine rings is 1. The second-order valence-electron chi connectivity index (χ2n) is 6.17. The van der Waals surface area contributed by atoms with Crippen LogP contribution in [0, 0.1) is 5.92 Å². The van der Waals surface area contributed by atoms with Crippen LogP contribution in [0.3, 0.4) is 0 Å². The van der Waals surface area contributed by atoms with Crippen molar-refractivity contribution in [2.45, 2.75) is 45.1 Å². The summed E-state index contributed by atoms with van der Waals surface area (Å²) in [5, 5.41) is 0. The van der Waals surface area contributed by atoms with Crippen molar-refractivity contribution in [1.82, 2.24) is 4.57 Å². The van der Waals surface area contributed by atoms with Gasteiger partial charge in [-0.1, -0.05) is 37.3 Å². The normalized spacial score (nSPS) is 21.6. The summed E-state index contributed by atoms with van der Waals surface area (Å²) in [6.45, 7) is 3.08. The monoisotopic (exact) mass is 281 g/mol. The molecule has 1 fully saturated rings. The Morgan fingerprint density at radius 1 is 1.14 bits per heavy atom. The summed E-state index contributed by atoms with van der Waals surface area (Å²) in [6.07, 6.45) is 8.63. The van der Waals surface area contributed by atoms with E-state index in [1.807, 2.05) is 19.3 Å². The van der Waals surface area contributed by atoms with E-state index >= 15 is 0 Å². The Kier molecular flexibility index (Phi) is 4.23. The summed E-state index contributed by atoms with van der Waals surface area (Å²) in [5.41, 5.74) is 2.58. The van der Waals surface area contributed by atoms with Crippen LogP contribution in [0.15, 0.2) is 53.6 Å². The van der Waals surface area contributed by atoms with Gasteiger partial charge in [0.15, 0.2) is 5.43 Å². The first kappa shape index (κ1) is 14.1. The highest BCUT2D eigenvalue weighted by molar-refractivity contribution is 5.20. The van der Waals surface area contributed by atoms with Gasteiger partial charge in [0.1, 0.15) is 0 Å². The van der Waals surface area contributed by atoms with Crippen molar-refractivity contribution < 1.29 is 0 Å². The highest BCUT2D eigenvalue weighted by atomic mass is 16.1. The molecule has 0 aliphatic heterocycles. The fourth-order valence-corrected chi connectivity index (χ4v) is 3.52. The first-order valence-corrected chi connectivity index (χ1v) is 8.00. The van der Waals surface area contributed by atoms with E-state index in [2.05, 4.69) is 34.9 Å². The SMILES string of the molecule is CCc1cn(C[C@@H]2CC[C@@H](c3ccccc3)C2)ccc1=O. The number of hydrogen-bond acceptors (Lipinski definition) is 1. The Morgan fingerprint density at radius 3 is 2.71 bits per heavy atom. The Morgan fingerprint density at radius 2 is 1.95 bits per heavy atom. The molecule has 1 aliphatic carbocycles. The largest absolute Gasteiger partial charge is 0.353 e. The molecule has 3 rings (SSSR count). The second-order valence-corrected chi connectivity index (χ2v) is 6.17. The number of nitrogens with zero attached hydrogens (tertiary/aromatic N) is 1. The van der Waals surface area contributed by atoms with Crippen molar-refractivity contribution in [1.29, 1.82) is 0 Å². The van der Waals surface area contributed by atoms with Crippen LogP contribution < -0.4 is 5.43 Å². The van der Waals surface area contributed by atoms with Crippen molar-refractivity contribution in [3.63, 3.8) is 0 Å². The Balaban J connectivity index is 1.66. The van der Waals surface area contributed by atoms with Crippen LogP contribution in [0.2, 0.25) is 0 Å². The number of rotatable bonds is 4. The number of aromatic nitrogens is 1. The molecular formula is C19H23NO. The zero-order valence-electron chi connectivity index (χ0n) is 12.7. The minimum absolute atomic E-state index is 0.169. The van der Waals surface area contributed by atoms with E-state index in [1.54, 1.807) is 6.07 Å². The van der Waals surface area contributed by atoms with E-state index < -0.39 is 0 Å². The van der Waals surface area contributed by atoms with Crippen LogP contribution in [-0.2, 0) is 13.0 Å². The van der Waals surface area contributed by atoms with Crippen LogP contribution >= 0.6 is 0 Å². The maximum atomic E-state index is 11.7. The van der Waals surface area contributed by atoms with E-state index in [0.29, 0.717) is 5.92 Å². The van der Waals surface area contributed by atoms with Gasteiger partial charge in [-0.3, -0.25) is 4.79 Å². The van der Waals surface area contributed by atoms with Crippen LogP contribution in [0.25, 0.3) is 0 Å². The van der Waals surface area contributed by atoms with E-state index in [4.69, 9.17) is 0 Å². The van der Waals surface area contributed by atoms with Gasteiger partial charge in [0, 0.05) is 30.6 Å². The maximum Gasteiger partial charge on any atom is 0.184 e. The molecule has 0 unspecified atom stereocenters. The van der Waals surface area contributed by atoms with E-state index in [9.17, 15) is 4.79 Å². The first-order valence-electron chi connectivity index (χ1n) is 8.00. The van der Waals surface area contributed by atoms with Gasteiger partial charge in [-0.2, -0.15) is 0 Å². The summed E-state index contributed by atoms with van der Waals surface area (Å²) in [5.74, 6) is 1.43. The lowest BCUT2D eigenvalue weighted by Gasteiger charge is -2.14. The highest BCUT2D eigenvalue weighted by Crippen LogP contribution is 2.38. The summed E-state index contributed by atoms with van der Waals surface area (Å²) >= 11 is 0. The predicted molar refractivity (Wildman–Crippen MR) is 86.6 cm³/mol. The van der Waals surface area contributed by atoms with E-state index in [-0.39, 0.29) is 5.43 Å². The van der Waals surface area contributed by atoms with Gasteiger partial charge in [-0.15, -0.1) is 0 Å². The van der Waals surface area contributed by atoms with Crippen molar-refractivity contribution in [3.05, 3.63) is 70.1 Å². The third-order valence-corrected chi connectivity index (χ3v) is 4.72. The Labute approximate surface area is 126 Å². The molecule has 2 aromatic rings. The molecule has 110 valence electrons. The molecule has 21 heavy (non-hydrogen) atoms. The second kappa shape index (κ2) is 6.30. The minimum Gasteiger partial charge on any atom is -0.353 e. The molecule has 0 bridgehead atoms. The van der Waals surface area contributed by atoms with E-state index in [0.717, 1.165) is 24.4 Å². The van der Waals surface area contributed by atoms with Crippen molar-refractivity contribution in [2.75, 3.05) is 0 Å². The van der Waals surface area contributed by atoms with Gasteiger partial charge in [0.2, 0.25) is 0 Å². The molecular weight excluding hydrogens is 258 g/mol. The van der Waals surface area contributed by atoms with Gasteiger partial charge >= 0.3 is 0 Å². The fourth-order valence-electron chi connectivity index (χ4n) is 3.52. The van der Waals surface area contributed by atoms with Gasteiger partial charge in [0.25, 0.3) is 0 Å². The molecule has 1 aromatic carbocycles. The molecule has 1 heterocycles. The van der Waals surface area contributed by atoms with Gasteiger partial charge in [-0.05, 0) is 43.1 Å². The lowest BCUT2D eigenvalue weighted by molar-refractivity contribution is 0.449. The molecule has 2 atom stereocenters. The first-order chi connectivity index (χ1) is 10.3. The standard InChI is InChI=1S/C19H23NO/c1-2-16-14-20(11-10-19(16)21)13-15-8-9-18(12-15)17-6-4-3-5-7-17/h3-7,10-11,14-15,18H,2,8-9,12-13H2,1H3/t15-,18-/m1/s1. The molecule has 0 amide bonds. The average Bonchev–Trinajstić information content (AvgIpc) is 2.98. The summed E-state index contributed by atoms with van der Waals surface area (Å²) < 4.78 is 2.21. The summed E-state index contributed by atoms with van der Waals surface area (Å²) in [6, 6.07) is 12.6. The molecule has 1 saturated carbocycles. The van der Waals surface area contributed by atoms with Crippen molar-refractivity contribution >= 4 is 0 Å². The number of benzene rings is 1. The molecule has 1 aromatic heterocycles. The topological polar surface area (TPSA) is 22.0 Å². The summed E-state index contributed by atoms with van der Waals surface area (Å²) in [4.78, 5) is 11.7. The Bertz CT molecular complexity index is 644. The zero-order chi connectivity index (χ0) is 14.7. The third kappa shape index (κ3) is 3.26. The lowest BCUT2D eigenvalue weighted by atomic mass is 9.96. The quantitative estimate of drug-likeness (QED) is 0.830. The van der Waals surface area contributed by atoms with Crippen LogP contribution in [0.4, 0.5) is 0 Å². The molecule has 0 saturated heterocycles. The molecule has 2 nitrogen and oxygen atoms in total. The fraction of sp³-hybridized carbons (Fsp3) is 0.421. The average molecular weight is 281 g/mol. The van der Waals surface area contributed by atoms with Gasteiger partial charge in [0.05, 0.1) is 0 Å². The minimum atomic E-state index is 0.169. The van der Waals surface area contributed by atoms with Crippen LogP contribution in [0.1, 0.15) is 43.2 Å². The molecule has 0 N–H and O–H groups in total. The third-order valence-electron chi connectivity index (χ3n) is 4.72. The van der Waals surface area contributed by atoms with Crippen LogP contribution in [0.5, 0.6) is 0 Å². The van der Waals surface area contributed by atoms with Gasteiger partial charge < -0.3 is 4.57 Å². The van der Waals surface area contributed by atoms with Crippen molar-refractivity contribution in [3.8, 4) is 0 Å². The smallest absolute Gasteiger partial charge is 0.184 e. The zero-order valence-corrected chi connectivity index (χ0v) is 12.7. The van der Waals surface area contributed by atoms with Gasteiger partial charge in [-0.25, -0.2) is 0 Å². The summed E-state index contributed by atoms with van der Waals surface area (Å²) in [7, 11) is 0. The molecule has 0 spiro atoms. The lowest BCUT2D eigenvalue weighted by Crippen LogP contribution is -2.14. The molecule has 0 radical (unpaired) electrons. The van der Waals surface area contributed by atoms with Crippen LogP contribution in [-0.4, -0.2) is 4.57 Å². The van der Waals surface area contributed by atoms with E-state index in [1.165, 1.54) is 24.8 Å².